The van der Waals surface area contributed by atoms with E-state index in [4.69, 9.17) is 16.3 Å². The van der Waals surface area contributed by atoms with Gasteiger partial charge in [0.1, 0.15) is 11.5 Å². The molecule has 0 aromatic carbocycles. The molecule has 1 atom stereocenters. The van der Waals surface area contributed by atoms with Crippen LogP contribution in [0.3, 0.4) is 0 Å². The third kappa shape index (κ3) is 1.80. The Morgan fingerprint density at radius 3 is 3.07 bits per heavy atom. The van der Waals surface area contributed by atoms with Crippen LogP contribution in [0.4, 0.5) is 0 Å². The van der Waals surface area contributed by atoms with Crippen LogP contribution in [0.5, 0.6) is 0 Å². The molecule has 0 fully saturated rings. The minimum Gasteiger partial charge on any atom is -0.382 e. The maximum atomic E-state index is 5.92. The molecule has 0 saturated heterocycles. The lowest BCUT2D eigenvalue weighted by Gasteiger charge is -2.11. The van der Waals surface area contributed by atoms with Gasteiger partial charge in [-0.25, -0.2) is 14.6 Å². The predicted octanol–water partition coefficient (Wildman–Crippen LogP) is 1.69. The topological polar surface area (TPSA) is 52.8 Å². The van der Waals surface area contributed by atoms with Gasteiger partial charge in [0.15, 0.2) is 5.65 Å². The molecule has 0 spiro atoms. The zero-order chi connectivity index (χ0) is 10.8. The van der Waals surface area contributed by atoms with Crippen molar-refractivity contribution in [2.45, 2.75) is 13.0 Å². The lowest BCUT2D eigenvalue weighted by atomic mass is 10.3. The summed E-state index contributed by atoms with van der Waals surface area (Å²) in [6.45, 7) is 2.59. The van der Waals surface area contributed by atoms with Gasteiger partial charge in [0.25, 0.3) is 0 Å². The molecule has 2 aromatic heterocycles. The van der Waals surface area contributed by atoms with Gasteiger partial charge in [0, 0.05) is 7.11 Å². The second-order valence-corrected chi connectivity index (χ2v) is 3.65. The fraction of sp³-hybridized carbons (Fsp3) is 0.444. The second-order valence-electron chi connectivity index (χ2n) is 3.30. The van der Waals surface area contributed by atoms with Crippen LogP contribution < -0.4 is 0 Å². The van der Waals surface area contributed by atoms with Crippen LogP contribution in [-0.2, 0) is 4.74 Å². The van der Waals surface area contributed by atoms with E-state index in [1.807, 2.05) is 6.92 Å². The molecule has 0 aliphatic rings. The molecule has 0 N–H and O–H groups in total. The highest BCUT2D eigenvalue weighted by atomic mass is 35.5. The van der Waals surface area contributed by atoms with E-state index >= 15 is 0 Å². The van der Waals surface area contributed by atoms with E-state index in [0.29, 0.717) is 11.8 Å². The van der Waals surface area contributed by atoms with E-state index in [1.54, 1.807) is 18.0 Å². The van der Waals surface area contributed by atoms with Gasteiger partial charge in [-0.05, 0) is 6.92 Å². The van der Waals surface area contributed by atoms with E-state index in [2.05, 4.69) is 15.1 Å². The Morgan fingerprint density at radius 2 is 2.33 bits per heavy atom. The number of methoxy groups -OCH3 is 1. The first-order valence-electron chi connectivity index (χ1n) is 4.56. The monoisotopic (exact) mass is 226 g/mol. The van der Waals surface area contributed by atoms with E-state index in [1.165, 1.54) is 6.33 Å². The summed E-state index contributed by atoms with van der Waals surface area (Å²) in [6.07, 6.45) is 3.10. The number of fused-ring (bicyclic) bond motifs is 1. The number of aromatic nitrogens is 4. The minimum atomic E-state index is 0.124. The standard InChI is InChI=1S/C9H11ClN4O/c1-6(4-15-2)14-9-7(3-13-14)8(10)11-5-12-9/h3,5-6H,4H2,1-2H3. The van der Waals surface area contributed by atoms with Gasteiger partial charge in [0.05, 0.1) is 24.2 Å². The maximum absolute atomic E-state index is 5.92. The summed E-state index contributed by atoms with van der Waals surface area (Å²) in [4.78, 5) is 8.05. The molecule has 0 aliphatic heterocycles. The zero-order valence-corrected chi connectivity index (χ0v) is 9.27. The molecule has 0 aliphatic carbocycles. The Balaban J connectivity index is 2.49. The molecule has 1 unspecified atom stereocenters. The molecule has 2 aromatic rings. The lowest BCUT2D eigenvalue weighted by molar-refractivity contribution is 0.158. The molecule has 0 bridgehead atoms. The van der Waals surface area contributed by atoms with Gasteiger partial charge >= 0.3 is 0 Å². The number of rotatable bonds is 3. The van der Waals surface area contributed by atoms with Crippen molar-refractivity contribution in [1.82, 2.24) is 19.7 Å². The highest BCUT2D eigenvalue weighted by molar-refractivity contribution is 6.33. The fourth-order valence-corrected chi connectivity index (χ4v) is 1.65. The van der Waals surface area contributed by atoms with E-state index < -0.39 is 0 Å². The third-order valence-electron chi connectivity index (χ3n) is 2.17. The van der Waals surface area contributed by atoms with Crippen molar-refractivity contribution in [2.24, 2.45) is 0 Å². The van der Waals surface area contributed by atoms with Crippen molar-refractivity contribution < 1.29 is 4.74 Å². The van der Waals surface area contributed by atoms with Crippen LogP contribution in [0, 0.1) is 0 Å². The van der Waals surface area contributed by atoms with Gasteiger partial charge in [-0.15, -0.1) is 0 Å². The van der Waals surface area contributed by atoms with Crippen LogP contribution in [-0.4, -0.2) is 33.5 Å². The summed E-state index contributed by atoms with van der Waals surface area (Å²) in [5.74, 6) is 0. The first-order chi connectivity index (χ1) is 7.24. The zero-order valence-electron chi connectivity index (χ0n) is 8.51. The van der Waals surface area contributed by atoms with Crippen LogP contribution in [0.2, 0.25) is 5.15 Å². The number of hydrogen-bond donors (Lipinski definition) is 0. The quantitative estimate of drug-likeness (QED) is 0.748. The van der Waals surface area contributed by atoms with Gasteiger partial charge in [0.2, 0.25) is 0 Å². The Morgan fingerprint density at radius 1 is 1.53 bits per heavy atom. The summed E-state index contributed by atoms with van der Waals surface area (Å²) in [7, 11) is 1.66. The van der Waals surface area contributed by atoms with Crippen molar-refractivity contribution in [3.8, 4) is 0 Å². The van der Waals surface area contributed by atoms with E-state index in [-0.39, 0.29) is 6.04 Å². The van der Waals surface area contributed by atoms with Crippen molar-refractivity contribution in [2.75, 3.05) is 13.7 Å². The largest absolute Gasteiger partial charge is 0.382 e. The van der Waals surface area contributed by atoms with Gasteiger partial charge in [-0.1, -0.05) is 11.6 Å². The molecular formula is C9H11ClN4O. The fourth-order valence-electron chi connectivity index (χ4n) is 1.47. The first-order valence-corrected chi connectivity index (χ1v) is 4.94. The van der Waals surface area contributed by atoms with Gasteiger partial charge in [-0.2, -0.15) is 5.10 Å². The van der Waals surface area contributed by atoms with Crippen LogP contribution in [0.15, 0.2) is 12.5 Å². The van der Waals surface area contributed by atoms with Crippen LogP contribution >= 0.6 is 11.6 Å². The van der Waals surface area contributed by atoms with E-state index in [9.17, 15) is 0 Å². The number of nitrogens with zero attached hydrogens (tertiary/aromatic N) is 4. The smallest absolute Gasteiger partial charge is 0.163 e. The maximum Gasteiger partial charge on any atom is 0.163 e. The number of halogens is 1. The van der Waals surface area contributed by atoms with Crippen LogP contribution in [0.25, 0.3) is 11.0 Å². The average molecular weight is 227 g/mol. The molecule has 15 heavy (non-hydrogen) atoms. The molecule has 0 amide bonds. The molecule has 0 saturated carbocycles. The molecule has 80 valence electrons. The number of hydrogen-bond acceptors (Lipinski definition) is 4. The van der Waals surface area contributed by atoms with Crippen molar-refractivity contribution in [1.29, 1.82) is 0 Å². The third-order valence-corrected chi connectivity index (χ3v) is 2.47. The highest BCUT2D eigenvalue weighted by Crippen LogP contribution is 2.20. The average Bonchev–Trinajstić information content (AvgIpc) is 2.63. The first kappa shape index (κ1) is 10.3. The molecule has 6 heteroatoms. The highest BCUT2D eigenvalue weighted by Gasteiger charge is 2.12. The van der Waals surface area contributed by atoms with Gasteiger partial charge in [-0.3, -0.25) is 0 Å². The lowest BCUT2D eigenvalue weighted by Crippen LogP contribution is -2.12. The molecule has 0 radical (unpaired) electrons. The Kier molecular flexibility index (Phi) is 2.83. The van der Waals surface area contributed by atoms with Crippen molar-refractivity contribution in [3.05, 3.63) is 17.7 Å². The second kappa shape index (κ2) is 4.12. The molecule has 2 heterocycles. The summed E-state index contributed by atoms with van der Waals surface area (Å²) >= 11 is 5.92. The molecule has 2 rings (SSSR count). The van der Waals surface area contributed by atoms with Crippen molar-refractivity contribution >= 4 is 22.6 Å². The van der Waals surface area contributed by atoms with E-state index in [0.717, 1.165) is 11.0 Å². The number of ether oxygens (including phenoxy) is 1. The Hall–Kier alpha value is -1.20. The predicted molar refractivity (Wildman–Crippen MR) is 56.9 cm³/mol. The SMILES string of the molecule is COCC(C)n1ncc2c(Cl)ncnc21. The molecule has 5 nitrogen and oxygen atoms in total. The summed E-state index contributed by atoms with van der Waals surface area (Å²) < 4.78 is 6.85. The van der Waals surface area contributed by atoms with Crippen molar-refractivity contribution in [3.63, 3.8) is 0 Å². The van der Waals surface area contributed by atoms with Gasteiger partial charge < -0.3 is 4.74 Å². The summed E-state index contributed by atoms with van der Waals surface area (Å²) in [5.41, 5.74) is 0.736. The minimum absolute atomic E-state index is 0.124. The summed E-state index contributed by atoms with van der Waals surface area (Å²) in [6, 6.07) is 0.124. The normalized spacial score (nSPS) is 13.3. The Labute approximate surface area is 92.0 Å². The molecular weight excluding hydrogens is 216 g/mol. The summed E-state index contributed by atoms with van der Waals surface area (Å²) in [5, 5.41) is 5.42. The Bertz CT molecular complexity index is 470. The van der Waals surface area contributed by atoms with Crippen LogP contribution in [0.1, 0.15) is 13.0 Å².